The molecule has 1 amide bonds. The number of piperidine rings is 1. The molecule has 0 radical (unpaired) electrons. The van der Waals surface area contributed by atoms with Crippen molar-refractivity contribution in [2.45, 2.75) is 70.5 Å². The lowest BCUT2D eigenvalue weighted by atomic mass is 9.77. The summed E-state index contributed by atoms with van der Waals surface area (Å²) in [5, 5.41) is 3.62. The normalized spacial score (nSPS) is 30.8. The van der Waals surface area contributed by atoms with Gasteiger partial charge in [0.25, 0.3) is 0 Å². The molecule has 0 aromatic carbocycles. The van der Waals surface area contributed by atoms with Gasteiger partial charge in [0.15, 0.2) is 0 Å². The van der Waals surface area contributed by atoms with Gasteiger partial charge in [0, 0.05) is 18.6 Å². The van der Waals surface area contributed by atoms with Gasteiger partial charge in [0.1, 0.15) is 0 Å². The molecule has 3 unspecified atom stereocenters. The zero-order chi connectivity index (χ0) is 13.8. The van der Waals surface area contributed by atoms with Crippen LogP contribution in [0.4, 0.5) is 0 Å². The van der Waals surface area contributed by atoms with Crippen LogP contribution in [0.25, 0.3) is 0 Å². The lowest BCUT2D eigenvalue weighted by Crippen LogP contribution is -2.56. The summed E-state index contributed by atoms with van der Waals surface area (Å²) in [7, 11) is 0. The molecule has 0 spiro atoms. The standard InChI is InChI=1S/C16H28N2O/c1-4-11-18(12(2)3)16(19)15-10-9-13-7-5-6-8-14(13)17-15/h4,12-15,17H,1,5-11H2,2-3H3. The van der Waals surface area contributed by atoms with Crippen molar-refractivity contribution in [2.24, 2.45) is 5.92 Å². The van der Waals surface area contributed by atoms with Crippen LogP contribution < -0.4 is 5.32 Å². The SMILES string of the molecule is C=CCN(C(=O)C1CCC2CCCCC2N1)C(C)C. The predicted octanol–water partition coefficient (Wildman–Crippen LogP) is 2.72. The third-order valence-corrected chi connectivity index (χ3v) is 4.68. The molecule has 19 heavy (non-hydrogen) atoms. The van der Waals surface area contributed by atoms with E-state index in [9.17, 15) is 4.79 Å². The third-order valence-electron chi connectivity index (χ3n) is 4.68. The second-order valence-electron chi connectivity index (χ2n) is 6.32. The molecule has 1 N–H and O–H groups in total. The highest BCUT2D eigenvalue weighted by Crippen LogP contribution is 2.32. The fourth-order valence-corrected chi connectivity index (χ4v) is 3.58. The molecule has 1 saturated carbocycles. The molecule has 0 aromatic rings. The lowest BCUT2D eigenvalue weighted by Gasteiger charge is -2.41. The second-order valence-corrected chi connectivity index (χ2v) is 6.32. The molecule has 1 aliphatic carbocycles. The molecule has 2 aliphatic rings. The Morgan fingerprint density at radius 1 is 1.32 bits per heavy atom. The van der Waals surface area contributed by atoms with Crippen molar-refractivity contribution in [3.63, 3.8) is 0 Å². The van der Waals surface area contributed by atoms with Crippen LogP contribution in [0.1, 0.15) is 52.4 Å². The van der Waals surface area contributed by atoms with Crippen LogP contribution in [0, 0.1) is 5.92 Å². The monoisotopic (exact) mass is 264 g/mol. The van der Waals surface area contributed by atoms with Gasteiger partial charge < -0.3 is 10.2 Å². The number of hydrogen-bond donors (Lipinski definition) is 1. The van der Waals surface area contributed by atoms with E-state index in [2.05, 4.69) is 25.7 Å². The summed E-state index contributed by atoms with van der Waals surface area (Å²) in [4.78, 5) is 14.6. The van der Waals surface area contributed by atoms with Crippen LogP contribution in [0.5, 0.6) is 0 Å². The molecule has 1 heterocycles. The van der Waals surface area contributed by atoms with E-state index < -0.39 is 0 Å². The van der Waals surface area contributed by atoms with Crippen LogP contribution >= 0.6 is 0 Å². The number of nitrogens with zero attached hydrogens (tertiary/aromatic N) is 1. The first-order valence-electron chi connectivity index (χ1n) is 7.81. The minimum atomic E-state index is 0.0294. The number of rotatable bonds is 4. The van der Waals surface area contributed by atoms with Gasteiger partial charge in [-0.1, -0.05) is 18.9 Å². The van der Waals surface area contributed by atoms with Gasteiger partial charge in [-0.05, 0) is 45.4 Å². The fourth-order valence-electron chi connectivity index (χ4n) is 3.58. The van der Waals surface area contributed by atoms with Crippen LogP contribution in [0.2, 0.25) is 0 Å². The van der Waals surface area contributed by atoms with E-state index in [1.54, 1.807) is 0 Å². The first-order valence-corrected chi connectivity index (χ1v) is 7.81. The average Bonchev–Trinajstić information content (AvgIpc) is 2.43. The molecule has 3 atom stereocenters. The number of carbonyl (C=O) groups is 1. The molecule has 1 aliphatic heterocycles. The number of carbonyl (C=O) groups excluding carboxylic acids is 1. The maximum Gasteiger partial charge on any atom is 0.240 e. The topological polar surface area (TPSA) is 32.3 Å². The lowest BCUT2D eigenvalue weighted by molar-refractivity contribution is -0.136. The molecule has 2 rings (SSSR count). The summed E-state index contributed by atoms with van der Waals surface area (Å²) in [6, 6.07) is 0.854. The Kier molecular flexibility index (Phi) is 5.03. The largest absolute Gasteiger partial charge is 0.335 e. The molecule has 108 valence electrons. The first-order chi connectivity index (χ1) is 9.13. The van der Waals surface area contributed by atoms with Gasteiger partial charge in [-0.15, -0.1) is 6.58 Å². The van der Waals surface area contributed by atoms with Crippen LogP contribution in [0.15, 0.2) is 12.7 Å². The maximum absolute atomic E-state index is 12.6. The molecule has 0 bridgehead atoms. The predicted molar refractivity (Wildman–Crippen MR) is 78.9 cm³/mol. The van der Waals surface area contributed by atoms with Crippen molar-refractivity contribution in [2.75, 3.05) is 6.54 Å². The summed E-state index contributed by atoms with van der Waals surface area (Å²) in [5.74, 6) is 1.07. The van der Waals surface area contributed by atoms with E-state index in [4.69, 9.17) is 0 Å². The minimum Gasteiger partial charge on any atom is -0.335 e. The highest BCUT2D eigenvalue weighted by molar-refractivity contribution is 5.82. The van der Waals surface area contributed by atoms with Crippen LogP contribution in [0.3, 0.4) is 0 Å². The van der Waals surface area contributed by atoms with Gasteiger partial charge in [0.2, 0.25) is 5.91 Å². The summed E-state index contributed by atoms with van der Waals surface area (Å²) in [5.41, 5.74) is 0. The molecule has 0 aromatic heterocycles. The average molecular weight is 264 g/mol. The number of nitrogens with one attached hydrogen (secondary N) is 1. The highest BCUT2D eigenvalue weighted by atomic mass is 16.2. The Morgan fingerprint density at radius 2 is 2.05 bits per heavy atom. The summed E-state index contributed by atoms with van der Waals surface area (Å²) in [6.45, 7) is 8.57. The quantitative estimate of drug-likeness (QED) is 0.792. The van der Waals surface area contributed by atoms with Gasteiger partial charge in [0.05, 0.1) is 6.04 Å². The second kappa shape index (κ2) is 6.56. The van der Waals surface area contributed by atoms with E-state index >= 15 is 0 Å². The van der Waals surface area contributed by atoms with E-state index in [0.29, 0.717) is 12.6 Å². The minimum absolute atomic E-state index is 0.0294. The van der Waals surface area contributed by atoms with Crippen molar-refractivity contribution >= 4 is 5.91 Å². The Morgan fingerprint density at radius 3 is 2.74 bits per heavy atom. The van der Waals surface area contributed by atoms with Crippen molar-refractivity contribution in [3.8, 4) is 0 Å². The fraction of sp³-hybridized carbons (Fsp3) is 0.812. The summed E-state index contributed by atoms with van der Waals surface area (Å²) < 4.78 is 0. The first kappa shape index (κ1) is 14.6. The molecule has 3 heteroatoms. The Labute approximate surface area is 117 Å². The van der Waals surface area contributed by atoms with Crippen molar-refractivity contribution < 1.29 is 4.79 Å². The van der Waals surface area contributed by atoms with Crippen molar-refractivity contribution in [3.05, 3.63) is 12.7 Å². The van der Waals surface area contributed by atoms with Crippen molar-refractivity contribution in [1.29, 1.82) is 0 Å². The summed E-state index contributed by atoms with van der Waals surface area (Å²) in [6.07, 6.45) is 9.32. The van der Waals surface area contributed by atoms with Gasteiger partial charge in [-0.3, -0.25) is 4.79 Å². The number of fused-ring (bicyclic) bond motifs is 1. The Balaban J connectivity index is 1.97. The Hall–Kier alpha value is -0.830. The molecular weight excluding hydrogens is 236 g/mol. The van der Waals surface area contributed by atoms with Gasteiger partial charge in [-0.2, -0.15) is 0 Å². The maximum atomic E-state index is 12.6. The summed E-state index contributed by atoms with van der Waals surface area (Å²) >= 11 is 0. The number of hydrogen-bond acceptors (Lipinski definition) is 2. The van der Waals surface area contributed by atoms with Crippen molar-refractivity contribution in [1.82, 2.24) is 10.2 Å². The van der Waals surface area contributed by atoms with E-state index in [1.807, 2.05) is 11.0 Å². The smallest absolute Gasteiger partial charge is 0.240 e. The molecule has 1 saturated heterocycles. The van der Waals surface area contributed by atoms with Crippen LogP contribution in [-0.4, -0.2) is 35.5 Å². The van der Waals surface area contributed by atoms with Crippen LogP contribution in [-0.2, 0) is 4.79 Å². The molecule has 3 nitrogen and oxygen atoms in total. The third kappa shape index (κ3) is 3.38. The highest BCUT2D eigenvalue weighted by Gasteiger charge is 2.36. The van der Waals surface area contributed by atoms with E-state index in [1.165, 1.54) is 32.1 Å². The van der Waals surface area contributed by atoms with Gasteiger partial charge in [-0.25, -0.2) is 0 Å². The molecule has 2 fully saturated rings. The van der Waals surface area contributed by atoms with E-state index in [0.717, 1.165) is 12.3 Å². The van der Waals surface area contributed by atoms with E-state index in [-0.39, 0.29) is 18.0 Å². The Bertz CT molecular complexity index is 327. The number of amides is 1. The molecular formula is C16H28N2O. The zero-order valence-electron chi connectivity index (χ0n) is 12.4. The van der Waals surface area contributed by atoms with Gasteiger partial charge >= 0.3 is 0 Å². The zero-order valence-corrected chi connectivity index (χ0v) is 12.4.